The predicted molar refractivity (Wildman–Crippen MR) is 94.1 cm³/mol. The molecule has 2 aromatic rings. The standard InChI is InChI=1S/C19H15Cl2O/c1-22-16-11-7-13(8-12-16)17-3-2-4-18(21)19(17)14-5-9-15(20)10-6-14/h3-12H,2H2,1H3. The second-order valence-corrected chi connectivity index (χ2v) is 5.86. The monoisotopic (exact) mass is 329 g/mol. The molecule has 22 heavy (non-hydrogen) atoms. The molecule has 0 bridgehead atoms. The molecule has 111 valence electrons. The summed E-state index contributed by atoms with van der Waals surface area (Å²) in [5.74, 6) is 0.842. The summed E-state index contributed by atoms with van der Waals surface area (Å²) in [7, 11) is 1.67. The van der Waals surface area contributed by atoms with E-state index >= 15 is 0 Å². The average Bonchev–Trinajstić information content (AvgIpc) is 2.56. The molecule has 1 aliphatic carbocycles. The molecule has 0 N–H and O–H groups in total. The first-order valence-electron chi connectivity index (χ1n) is 7.03. The van der Waals surface area contributed by atoms with Crippen molar-refractivity contribution in [2.75, 3.05) is 7.11 Å². The first kappa shape index (κ1) is 15.2. The molecule has 0 aromatic heterocycles. The molecule has 0 atom stereocenters. The van der Waals surface area contributed by atoms with Crippen LogP contribution in [-0.4, -0.2) is 7.11 Å². The first-order valence-corrected chi connectivity index (χ1v) is 7.78. The molecule has 3 rings (SSSR count). The molecule has 1 aliphatic rings. The van der Waals surface area contributed by atoms with Gasteiger partial charge in [-0.2, -0.15) is 0 Å². The van der Waals surface area contributed by atoms with Crippen LogP contribution < -0.4 is 4.74 Å². The van der Waals surface area contributed by atoms with Crippen molar-refractivity contribution in [2.24, 2.45) is 0 Å². The van der Waals surface area contributed by atoms with Gasteiger partial charge in [0.15, 0.2) is 0 Å². The van der Waals surface area contributed by atoms with E-state index < -0.39 is 0 Å². The van der Waals surface area contributed by atoms with Crippen LogP contribution in [0, 0.1) is 6.42 Å². The van der Waals surface area contributed by atoms with Crippen LogP contribution >= 0.6 is 23.2 Å². The summed E-state index contributed by atoms with van der Waals surface area (Å²) in [6, 6.07) is 15.8. The molecule has 0 saturated heterocycles. The minimum atomic E-state index is 0.718. The van der Waals surface area contributed by atoms with E-state index in [1.165, 1.54) is 0 Å². The highest BCUT2D eigenvalue weighted by molar-refractivity contribution is 6.39. The van der Waals surface area contributed by atoms with Crippen molar-refractivity contribution in [1.82, 2.24) is 0 Å². The molecule has 0 heterocycles. The van der Waals surface area contributed by atoms with Gasteiger partial charge in [-0.25, -0.2) is 0 Å². The van der Waals surface area contributed by atoms with E-state index in [4.69, 9.17) is 27.9 Å². The molecule has 0 amide bonds. The number of rotatable bonds is 3. The summed E-state index contributed by atoms with van der Waals surface area (Å²) < 4.78 is 5.22. The largest absolute Gasteiger partial charge is 0.497 e. The zero-order chi connectivity index (χ0) is 15.5. The maximum Gasteiger partial charge on any atom is 0.118 e. The molecule has 0 aliphatic heterocycles. The van der Waals surface area contributed by atoms with E-state index in [1.54, 1.807) is 7.11 Å². The maximum absolute atomic E-state index is 6.49. The van der Waals surface area contributed by atoms with Crippen molar-refractivity contribution in [3.05, 3.63) is 82.2 Å². The molecular formula is C19H15Cl2O. The van der Waals surface area contributed by atoms with E-state index in [9.17, 15) is 0 Å². The zero-order valence-electron chi connectivity index (χ0n) is 12.1. The van der Waals surface area contributed by atoms with Gasteiger partial charge < -0.3 is 4.74 Å². The highest BCUT2D eigenvalue weighted by atomic mass is 35.5. The molecule has 0 unspecified atom stereocenters. The minimum Gasteiger partial charge on any atom is -0.497 e. The third kappa shape index (κ3) is 3.06. The lowest BCUT2D eigenvalue weighted by Crippen LogP contribution is -1.99. The lowest BCUT2D eigenvalue weighted by atomic mass is 9.88. The van der Waals surface area contributed by atoms with E-state index in [0.717, 1.165) is 44.5 Å². The molecule has 3 heteroatoms. The Labute approximate surface area is 140 Å². The normalized spacial score (nSPS) is 14.8. The highest BCUT2D eigenvalue weighted by Crippen LogP contribution is 2.40. The number of ether oxygens (including phenoxy) is 1. The second-order valence-electron chi connectivity index (χ2n) is 5.02. The SMILES string of the molecule is COc1ccc(C2=C(c3ccc(Cl)cc3)C(Cl)=CC[CH]2)cc1. The Bertz CT molecular complexity index is 725. The third-order valence-corrected chi connectivity index (χ3v) is 4.26. The highest BCUT2D eigenvalue weighted by Gasteiger charge is 2.18. The Hall–Kier alpha value is -1.70. The number of hydrogen-bond acceptors (Lipinski definition) is 1. The van der Waals surface area contributed by atoms with Gasteiger partial charge in [-0.15, -0.1) is 0 Å². The fraction of sp³-hybridized carbons (Fsp3) is 0.105. The Morgan fingerprint density at radius 1 is 0.864 bits per heavy atom. The van der Waals surface area contributed by atoms with Gasteiger partial charge in [0.1, 0.15) is 5.75 Å². The Morgan fingerprint density at radius 3 is 2.14 bits per heavy atom. The second kappa shape index (κ2) is 6.60. The molecule has 0 fully saturated rings. The Balaban J connectivity index is 2.11. The van der Waals surface area contributed by atoms with Crippen molar-refractivity contribution >= 4 is 34.3 Å². The van der Waals surface area contributed by atoms with Gasteiger partial charge in [0.25, 0.3) is 0 Å². The van der Waals surface area contributed by atoms with Gasteiger partial charge in [-0.1, -0.05) is 53.5 Å². The van der Waals surface area contributed by atoms with Crippen LogP contribution in [0.4, 0.5) is 0 Å². The summed E-state index contributed by atoms with van der Waals surface area (Å²) in [4.78, 5) is 0. The summed E-state index contributed by atoms with van der Waals surface area (Å²) >= 11 is 12.5. The zero-order valence-corrected chi connectivity index (χ0v) is 13.7. The number of hydrogen-bond donors (Lipinski definition) is 0. The van der Waals surface area contributed by atoms with Crippen LogP contribution in [0.15, 0.2) is 59.6 Å². The topological polar surface area (TPSA) is 9.23 Å². The molecule has 0 saturated carbocycles. The molecular weight excluding hydrogens is 315 g/mol. The third-order valence-electron chi connectivity index (χ3n) is 3.66. The summed E-state index contributed by atoms with van der Waals surface area (Å²) in [5, 5.41) is 1.49. The quantitative estimate of drug-likeness (QED) is 0.671. The van der Waals surface area contributed by atoms with Crippen LogP contribution in [0.5, 0.6) is 5.75 Å². The van der Waals surface area contributed by atoms with Gasteiger partial charge in [-0.05, 0) is 53.8 Å². The fourth-order valence-electron chi connectivity index (χ4n) is 2.56. The molecule has 1 nitrogen and oxygen atoms in total. The lowest BCUT2D eigenvalue weighted by molar-refractivity contribution is 0.415. The van der Waals surface area contributed by atoms with Crippen molar-refractivity contribution in [3.8, 4) is 5.75 Å². The van der Waals surface area contributed by atoms with Gasteiger partial charge >= 0.3 is 0 Å². The molecule has 1 radical (unpaired) electrons. The maximum atomic E-state index is 6.49. The number of allylic oxidation sites excluding steroid dienone is 4. The van der Waals surface area contributed by atoms with Crippen LogP contribution in [0.3, 0.4) is 0 Å². The average molecular weight is 330 g/mol. The first-order chi connectivity index (χ1) is 10.7. The smallest absolute Gasteiger partial charge is 0.118 e. The van der Waals surface area contributed by atoms with Crippen molar-refractivity contribution in [2.45, 2.75) is 6.42 Å². The Morgan fingerprint density at radius 2 is 1.50 bits per heavy atom. The fourth-order valence-corrected chi connectivity index (χ4v) is 2.98. The minimum absolute atomic E-state index is 0.718. The summed E-state index contributed by atoms with van der Waals surface area (Å²) in [5.41, 5.74) is 4.36. The van der Waals surface area contributed by atoms with Crippen LogP contribution in [0.25, 0.3) is 11.1 Å². The van der Waals surface area contributed by atoms with E-state index in [1.807, 2.05) is 42.5 Å². The van der Waals surface area contributed by atoms with Gasteiger partial charge in [0, 0.05) is 15.6 Å². The van der Waals surface area contributed by atoms with Crippen LogP contribution in [0.2, 0.25) is 5.02 Å². The summed E-state index contributed by atoms with van der Waals surface area (Å²) in [6.45, 7) is 0. The van der Waals surface area contributed by atoms with Gasteiger partial charge in [-0.3, -0.25) is 0 Å². The number of methoxy groups -OCH3 is 1. The van der Waals surface area contributed by atoms with E-state index in [2.05, 4.69) is 18.6 Å². The van der Waals surface area contributed by atoms with Gasteiger partial charge in [0.2, 0.25) is 0 Å². The molecule has 0 spiro atoms. The number of halogens is 2. The molecule has 2 aromatic carbocycles. The van der Waals surface area contributed by atoms with Gasteiger partial charge in [0.05, 0.1) is 7.11 Å². The Kier molecular flexibility index (Phi) is 4.56. The van der Waals surface area contributed by atoms with Crippen molar-refractivity contribution in [1.29, 1.82) is 0 Å². The van der Waals surface area contributed by atoms with Crippen LogP contribution in [-0.2, 0) is 0 Å². The van der Waals surface area contributed by atoms with E-state index in [-0.39, 0.29) is 0 Å². The van der Waals surface area contributed by atoms with Crippen LogP contribution in [0.1, 0.15) is 17.5 Å². The van der Waals surface area contributed by atoms with E-state index in [0.29, 0.717) is 0 Å². The van der Waals surface area contributed by atoms with Crippen molar-refractivity contribution < 1.29 is 4.74 Å². The predicted octanol–water partition coefficient (Wildman–Crippen LogP) is 5.99. The number of benzene rings is 2. The summed E-state index contributed by atoms with van der Waals surface area (Å²) in [6.07, 6.45) is 5.05. The lowest BCUT2D eigenvalue weighted by Gasteiger charge is -2.19. The van der Waals surface area contributed by atoms with Crippen molar-refractivity contribution in [3.63, 3.8) is 0 Å².